The van der Waals surface area contributed by atoms with E-state index in [1.54, 1.807) is 0 Å². The van der Waals surface area contributed by atoms with E-state index >= 15 is 0 Å². The molecule has 0 aromatic heterocycles. The number of nitrogens with zero attached hydrogens (tertiary/aromatic N) is 1. The molecule has 0 radical (unpaired) electrons. The van der Waals surface area contributed by atoms with Gasteiger partial charge in [0.1, 0.15) is 0 Å². The summed E-state index contributed by atoms with van der Waals surface area (Å²) in [6, 6.07) is 0. The van der Waals surface area contributed by atoms with Crippen LogP contribution in [-0.4, -0.2) is 32.2 Å². The second kappa shape index (κ2) is 4.09. The normalized spacial score (nSPS) is 10.3. The van der Waals surface area contributed by atoms with Crippen LogP contribution in [0.25, 0.3) is 0 Å². The number of hydrogen-bond acceptors (Lipinski definition) is 2. The number of rotatable bonds is 3. The van der Waals surface area contributed by atoms with Crippen LogP contribution in [0.2, 0.25) is 0 Å². The maximum atomic E-state index is 3.17. The van der Waals surface area contributed by atoms with Crippen LogP contribution in [0.15, 0.2) is 0 Å². The third-order valence-corrected chi connectivity index (χ3v) is 0.678. The maximum Gasteiger partial charge on any atom is 0.0474 e. The van der Waals surface area contributed by atoms with E-state index in [9.17, 15) is 0 Å². The van der Waals surface area contributed by atoms with Crippen LogP contribution < -0.4 is 5.32 Å². The van der Waals surface area contributed by atoms with Crippen molar-refractivity contribution in [2.24, 2.45) is 0 Å². The van der Waals surface area contributed by atoms with Crippen molar-refractivity contribution in [1.82, 2.24) is 10.2 Å². The van der Waals surface area contributed by atoms with Gasteiger partial charge in [-0.2, -0.15) is 0 Å². The third kappa shape index (κ3) is 5.92. The zero-order valence-electron chi connectivity index (χ0n) is 5.36. The summed E-state index contributed by atoms with van der Waals surface area (Å²) < 4.78 is 0. The molecule has 0 aliphatic rings. The first-order chi connectivity index (χ1) is 3.27. The highest BCUT2D eigenvalue weighted by atomic mass is 15.2. The van der Waals surface area contributed by atoms with Crippen LogP contribution in [0, 0.1) is 0 Å². The van der Waals surface area contributed by atoms with Crippen molar-refractivity contribution < 1.29 is 0 Å². The van der Waals surface area contributed by atoms with Crippen LogP contribution in [0.4, 0.5) is 0 Å². The molecule has 0 rings (SSSR count). The molecule has 2 heteroatoms. The topological polar surface area (TPSA) is 15.3 Å². The SMILES string of the molecule is CCNCN(C)C. The van der Waals surface area contributed by atoms with Crippen LogP contribution in [0.3, 0.4) is 0 Å². The predicted molar refractivity (Wildman–Crippen MR) is 32.2 cm³/mol. The summed E-state index contributed by atoms with van der Waals surface area (Å²) in [4.78, 5) is 2.10. The van der Waals surface area contributed by atoms with Crippen LogP contribution >= 0.6 is 0 Å². The van der Waals surface area contributed by atoms with Crippen molar-refractivity contribution in [1.29, 1.82) is 0 Å². The maximum absolute atomic E-state index is 3.17. The van der Waals surface area contributed by atoms with E-state index < -0.39 is 0 Å². The van der Waals surface area contributed by atoms with E-state index in [4.69, 9.17) is 0 Å². The van der Waals surface area contributed by atoms with Crippen molar-refractivity contribution >= 4 is 0 Å². The molecule has 0 saturated carbocycles. The fraction of sp³-hybridized carbons (Fsp3) is 1.00. The van der Waals surface area contributed by atoms with Gasteiger partial charge < -0.3 is 5.32 Å². The fourth-order valence-electron chi connectivity index (χ4n) is 0.335. The number of nitrogens with one attached hydrogen (secondary N) is 1. The summed E-state index contributed by atoms with van der Waals surface area (Å²) in [5.41, 5.74) is 0. The molecule has 0 aromatic carbocycles. The first kappa shape index (κ1) is 6.92. The summed E-state index contributed by atoms with van der Waals surface area (Å²) in [5, 5.41) is 3.17. The van der Waals surface area contributed by atoms with Crippen LogP contribution in [-0.2, 0) is 0 Å². The highest BCUT2D eigenvalue weighted by Crippen LogP contribution is 1.64. The Bertz CT molecular complexity index is 35.1. The third-order valence-electron chi connectivity index (χ3n) is 0.678. The zero-order valence-corrected chi connectivity index (χ0v) is 5.36. The average Bonchev–Trinajstić information content (AvgIpc) is 1.61. The molecule has 44 valence electrons. The lowest BCUT2D eigenvalue weighted by Crippen LogP contribution is -2.27. The minimum Gasteiger partial charge on any atom is -0.305 e. The van der Waals surface area contributed by atoms with Gasteiger partial charge in [0.15, 0.2) is 0 Å². The monoisotopic (exact) mass is 102 g/mol. The Morgan fingerprint density at radius 3 is 2.14 bits per heavy atom. The molecule has 0 aliphatic heterocycles. The predicted octanol–water partition coefficient (Wildman–Crippen LogP) is 0.115. The second-order valence-electron chi connectivity index (χ2n) is 1.84. The quantitative estimate of drug-likeness (QED) is 0.509. The summed E-state index contributed by atoms with van der Waals surface area (Å²) in [6.07, 6.45) is 0. The Kier molecular flexibility index (Phi) is 4.04. The molecule has 0 saturated heterocycles. The summed E-state index contributed by atoms with van der Waals surface area (Å²) in [5.74, 6) is 0. The smallest absolute Gasteiger partial charge is 0.0474 e. The molecule has 0 atom stereocenters. The molecule has 0 aromatic rings. The zero-order chi connectivity index (χ0) is 5.70. The largest absolute Gasteiger partial charge is 0.305 e. The Labute approximate surface area is 45.5 Å². The van der Waals surface area contributed by atoms with Gasteiger partial charge in [-0.15, -0.1) is 0 Å². The molecule has 7 heavy (non-hydrogen) atoms. The van der Waals surface area contributed by atoms with Gasteiger partial charge in [0.2, 0.25) is 0 Å². The van der Waals surface area contributed by atoms with Gasteiger partial charge >= 0.3 is 0 Å². The van der Waals surface area contributed by atoms with Crippen molar-refractivity contribution in [3.63, 3.8) is 0 Å². The van der Waals surface area contributed by atoms with Crippen molar-refractivity contribution in [3.05, 3.63) is 0 Å². The molecule has 0 fully saturated rings. The molecular formula is C5H14N2. The highest BCUT2D eigenvalue weighted by Gasteiger charge is 1.81. The van der Waals surface area contributed by atoms with E-state index in [1.165, 1.54) is 0 Å². The average molecular weight is 102 g/mol. The Balaban J connectivity index is 2.68. The minimum absolute atomic E-state index is 0.983. The van der Waals surface area contributed by atoms with E-state index in [1.807, 2.05) is 14.1 Å². The molecule has 0 bridgehead atoms. The lowest BCUT2D eigenvalue weighted by Gasteiger charge is -2.07. The molecule has 0 spiro atoms. The first-order valence-corrected chi connectivity index (χ1v) is 2.62. The van der Waals surface area contributed by atoms with Gasteiger partial charge in [0, 0.05) is 6.67 Å². The van der Waals surface area contributed by atoms with E-state index in [2.05, 4.69) is 17.1 Å². The van der Waals surface area contributed by atoms with Crippen LogP contribution in [0.5, 0.6) is 0 Å². The van der Waals surface area contributed by atoms with Crippen molar-refractivity contribution in [2.45, 2.75) is 6.92 Å². The molecule has 0 unspecified atom stereocenters. The van der Waals surface area contributed by atoms with Crippen LogP contribution in [0.1, 0.15) is 6.92 Å². The lowest BCUT2D eigenvalue weighted by atomic mass is 10.7. The van der Waals surface area contributed by atoms with Gasteiger partial charge in [0.05, 0.1) is 0 Å². The molecule has 1 N–H and O–H groups in total. The molecule has 0 amide bonds. The molecule has 2 nitrogen and oxygen atoms in total. The van der Waals surface area contributed by atoms with E-state index in [-0.39, 0.29) is 0 Å². The Morgan fingerprint density at radius 1 is 1.43 bits per heavy atom. The van der Waals surface area contributed by atoms with E-state index in [0.717, 1.165) is 13.2 Å². The molecule has 0 heterocycles. The van der Waals surface area contributed by atoms with Gasteiger partial charge in [0.25, 0.3) is 0 Å². The summed E-state index contributed by atoms with van der Waals surface area (Å²) in [7, 11) is 4.09. The van der Waals surface area contributed by atoms with E-state index in [0.29, 0.717) is 0 Å². The highest BCUT2D eigenvalue weighted by molar-refractivity contribution is 4.36. The Morgan fingerprint density at radius 2 is 2.00 bits per heavy atom. The second-order valence-corrected chi connectivity index (χ2v) is 1.84. The first-order valence-electron chi connectivity index (χ1n) is 2.62. The van der Waals surface area contributed by atoms with Crippen molar-refractivity contribution in [3.8, 4) is 0 Å². The number of hydrogen-bond donors (Lipinski definition) is 1. The molecular weight excluding hydrogens is 88.1 g/mol. The lowest BCUT2D eigenvalue weighted by molar-refractivity contribution is 0.374. The van der Waals surface area contributed by atoms with Gasteiger partial charge in [-0.3, -0.25) is 4.90 Å². The summed E-state index contributed by atoms with van der Waals surface area (Å²) in [6.45, 7) is 4.14. The van der Waals surface area contributed by atoms with Crippen molar-refractivity contribution in [2.75, 3.05) is 27.3 Å². The van der Waals surface area contributed by atoms with Gasteiger partial charge in [-0.05, 0) is 20.6 Å². The van der Waals surface area contributed by atoms with Gasteiger partial charge in [-0.25, -0.2) is 0 Å². The molecule has 0 aliphatic carbocycles. The summed E-state index contributed by atoms with van der Waals surface area (Å²) >= 11 is 0. The minimum atomic E-state index is 0.983. The Hall–Kier alpha value is -0.0800. The standard InChI is InChI=1S/C5H14N2/c1-4-6-5-7(2)3/h6H,4-5H2,1-3H3. The fourth-order valence-corrected chi connectivity index (χ4v) is 0.335. The van der Waals surface area contributed by atoms with Gasteiger partial charge in [-0.1, -0.05) is 6.92 Å².